The lowest BCUT2D eigenvalue weighted by Crippen LogP contribution is -2.41. The van der Waals surface area contributed by atoms with E-state index >= 15 is 0 Å². The minimum absolute atomic E-state index is 0.00671. The molecule has 0 spiro atoms. The number of rotatable bonds is 7. The first-order valence-corrected chi connectivity index (χ1v) is 12.3. The highest BCUT2D eigenvalue weighted by molar-refractivity contribution is 5.81. The van der Waals surface area contributed by atoms with Crippen LogP contribution in [0, 0.1) is 17.8 Å². The summed E-state index contributed by atoms with van der Waals surface area (Å²) < 4.78 is 5.62. The van der Waals surface area contributed by atoms with Crippen LogP contribution in [0.2, 0.25) is 0 Å². The molecule has 0 radical (unpaired) electrons. The number of benzene rings is 2. The minimum Gasteiger partial charge on any atom is -0.481 e. The van der Waals surface area contributed by atoms with Crippen LogP contribution >= 0.6 is 0 Å². The maximum Gasteiger partial charge on any atom is 0.407 e. The molecule has 0 bridgehead atoms. The minimum atomic E-state index is -0.871. The Morgan fingerprint density at radius 3 is 2.29 bits per heavy atom. The van der Waals surface area contributed by atoms with Crippen molar-refractivity contribution in [1.29, 1.82) is 0 Å². The SMILES string of the molecule is O=C(NC[C@H]1CCC[C@H]1C(=O)NC1C=CC(C(=O)O)C1)OCC1c2ccccc2-c2ccccc21. The van der Waals surface area contributed by atoms with Gasteiger partial charge in [-0.3, -0.25) is 9.59 Å². The number of carboxylic acid groups (broad SMARTS) is 1. The zero-order chi connectivity index (χ0) is 24.4. The van der Waals surface area contributed by atoms with E-state index < -0.39 is 18.0 Å². The fraction of sp³-hybridized carbons (Fsp3) is 0.393. The van der Waals surface area contributed by atoms with Crippen LogP contribution < -0.4 is 10.6 Å². The van der Waals surface area contributed by atoms with E-state index in [0.29, 0.717) is 13.0 Å². The Kier molecular flexibility index (Phi) is 6.57. The third-order valence-electron chi connectivity index (χ3n) is 7.58. The first-order chi connectivity index (χ1) is 17.0. The summed E-state index contributed by atoms with van der Waals surface area (Å²) in [7, 11) is 0. The van der Waals surface area contributed by atoms with E-state index in [4.69, 9.17) is 9.84 Å². The number of carbonyl (C=O) groups excluding carboxylic acids is 2. The van der Waals surface area contributed by atoms with Crippen molar-refractivity contribution in [2.75, 3.05) is 13.2 Å². The van der Waals surface area contributed by atoms with Gasteiger partial charge in [0.05, 0.1) is 5.92 Å². The van der Waals surface area contributed by atoms with Gasteiger partial charge in [-0.2, -0.15) is 0 Å². The molecule has 7 heteroatoms. The second kappa shape index (κ2) is 9.94. The monoisotopic (exact) mass is 474 g/mol. The summed E-state index contributed by atoms with van der Waals surface area (Å²) in [5.41, 5.74) is 4.70. The Bertz CT molecular complexity index is 1110. The molecule has 1 saturated carbocycles. The number of ether oxygens (including phenoxy) is 1. The summed E-state index contributed by atoms with van der Waals surface area (Å²) in [4.78, 5) is 36.5. The van der Waals surface area contributed by atoms with Crippen molar-refractivity contribution in [3.8, 4) is 11.1 Å². The van der Waals surface area contributed by atoms with Gasteiger partial charge in [0.2, 0.25) is 5.91 Å². The molecule has 35 heavy (non-hydrogen) atoms. The first kappa shape index (κ1) is 23.1. The van der Waals surface area contributed by atoms with Crippen molar-refractivity contribution >= 4 is 18.0 Å². The van der Waals surface area contributed by atoms with Crippen LogP contribution in [-0.4, -0.2) is 42.3 Å². The number of carboxylic acids is 1. The van der Waals surface area contributed by atoms with Gasteiger partial charge in [0.1, 0.15) is 6.61 Å². The van der Waals surface area contributed by atoms with Crippen LogP contribution in [0.25, 0.3) is 11.1 Å². The molecule has 0 aromatic heterocycles. The second-order valence-electron chi connectivity index (χ2n) is 9.68. The fourth-order valence-electron chi connectivity index (χ4n) is 5.77. The topological polar surface area (TPSA) is 105 Å². The van der Waals surface area contributed by atoms with Crippen LogP contribution in [0.5, 0.6) is 0 Å². The average molecular weight is 475 g/mol. The summed E-state index contributed by atoms with van der Waals surface area (Å²) in [5.74, 6) is -1.63. The highest BCUT2D eigenvalue weighted by Gasteiger charge is 2.35. The zero-order valence-corrected chi connectivity index (χ0v) is 19.5. The molecule has 2 aromatic rings. The summed E-state index contributed by atoms with van der Waals surface area (Å²) in [6.45, 7) is 0.639. The Morgan fingerprint density at radius 1 is 0.943 bits per heavy atom. The van der Waals surface area contributed by atoms with Crippen LogP contribution in [0.4, 0.5) is 4.79 Å². The maximum atomic E-state index is 12.8. The Balaban J connectivity index is 1.12. The summed E-state index contributed by atoms with van der Waals surface area (Å²) in [6.07, 6.45) is 5.86. The van der Waals surface area contributed by atoms with Gasteiger partial charge in [0, 0.05) is 24.4 Å². The average Bonchev–Trinajstić information content (AvgIpc) is 3.59. The highest BCUT2D eigenvalue weighted by Crippen LogP contribution is 2.44. The van der Waals surface area contributed by atoms with E-state index in [0.717, 1.165) is 19.3 Å². The van der Waals surface area contributed by atoms with Crippen LogP contribution in [0.3, 0.4) is 0 Å². The van der Waals surface area contributed by atoms with Crippen molar-refractivity contribution < 1.29 is 24.2 Å². The molecule has 0 heterocycles. The molecular formula is C28H30N2O5. The number of amides is 2. The number of fused-ring (bicyclic) bond motifs is 3. The number of carbonyl (C=O) groups is 3. The number of alkyl carbamates (subject to hydrolysis) is 1. The molecule has 0 aliphatic heterocycles. The predicted molar refractivity (Wildman–Crippen MR) is 131 cm³/mol. The van der Waals surface area contributed by atoms with E-state index in [1.807, 2.05) is 24.3 Å². The molecular weight excluding hydrogens is 444 g/mol. The molecule has 3 aliphatic carbocycles. The molecule has 182 valence electrons. The zero-order valence-electron chi connectivity index (χ0n) is 19.5. The highest BCUT2D eigenvalue weighted by atomic mass is 16.5. The molecule has 2 unspecified atom stereocenters. The maximum absolute atomic E-state index is 12.8. The van der Waals surface area contributed by atoms with Gasteiger partial charge in [0.25, 0.3) is 0 Å². The third-order valence-corrected chi connectivity index (χ3v) is 7.58. The van der Waals surface area contributed by atoms with Crippen LogP contribution in [-0.2, 0) is 14.3 Å². The van der Waals surface area contributed by atoms with Gasteiger partial charge < -0.3 is 20.5 Å². The molecule has 3 N–H and O–H groups in total. The van der Waals surface area contributed by atoms with Crippen molar-refractivity contribution in [3.63, 3.8) is 0 Å². The van der Waals surface area contributed by atoms with E-state index in [9.17, 15) is 14.4 Å². The third kappa shape index (κ3) is 4.81. The fourth-order valence-corrected chi connectivity index (χ4v) is 5.77. The lowest BCUT2D eigenvalue weighted by Gasteiger charge is -2.22. The van der Waals surface area contributed by atoms with Gasteiger partial charge in [-0.25, -0.2) is 4.79 Å². The van der Waals surface area contributed by atoms with Gasteiger partial charge in [-0.15, -0.1) is 0 Å². The Labute approximate surface area is 204 Å². The lowest BCUT2D eigenvalue weighted by molar-refractivity contribution is -0.140. The largest absolute Gasteiger partial charge is 0.481 e. The molecule has 4 atom stereocenters. The Hall–Kier alpha value is -3.61. The predicted octanol–water partition coefficient (Wildman–Crippen LogP) is 4.09. The van der Waals surface area contributed by atoms with E-state index in [2.05, 4.69) is 34.9 Å². The van der Waals surface area contributed by atoms with Crippen molar-refractivity contribution in [2.45, 2.75) is 37.6 Å². The molecule has 7 nitrogen and oxygen atoms in total. The van der Waals surface area contributed by atoms with Crippen LogP contribution in [0.1, 0.15) is 42.7 Å². The molecule has 2 aromatic carbocycles. The van der Waals surface area contributed by atoms with Gasteiger partial charge in [-0.05, 0) is 47.4 Å². The second-order valence-corrected chi connectivity index (χ2v) is 9.68. The lowest BCUT2D eigenvalue weighted by atomic mass is 9.94. The quantitative estimate of drug-likeness (QED) is 0.525. The summed E-state index contributed by atoms with van der Waals surface area (Å²) in [5, 5.41) is 15.0. The van der Waals surface area contributed by atoms with Gasteiger partial charge in [-0.1, -0.05) is 67.1 Å². The molecule has 5 rings (SSSR count). The number of hydrogen-bond acceptors (Lipinski definition) is 4. The van der Waals surface area contributed by atoms with E-state index in [1.165, 1.54) is 22.3 Å². The van der Waals surface area contributed by atoms with Gasteiger partial charge >= 0.3 is 12.1 Å². The van der Waals surface area contributed by atoms with E-state index in [1.54, 1.807) is 12.2 Å². The van der Waals surface area contributed by atoms with Crippen molar-refractivity contribution in [3.05, 3.63) is 71.8 Å². The van der Waals surface area contributed by atoms with E-state index in [-0.39, 0.29) is 36.3 Å². The molecule has 3 aliphatic rings. The smallest absolute Gasteiger partial charge is 0.407 e. The summed E-state index contributed by atoms with van der Waals surface area (Å²) in [6, 6.07) is 16.2. The van der Waals surface area contributed by atoms with Crippen LogP contribution in [0.15, 0.2) is 60.7 Å². The number of aliphatic carboxylic acids is 1. The Morgan fingerprint density at radius 2 is 1.63 bits per heavy atom. The normalized spacial score (nSPS) is 24.6. The number of hydrogen-bond donors (Lipinski definition) is 3. The van der Waals surface area contributed by atoms with Crippen molar-refractivity contribution in [2.24, 2.45) is 17.8 Å². The molecule has 1 fully saturated rings. The van der Waals surface area contributed by atoms with Crippen molar-refractivity contribution in [1.82, 2.24) is 10.6 Å². The standard InChI is InChI=1S/C28H30N2O5/c31-26(30-19-13-12-17(14-19)27(32)33)20-11-5-6-18(20)15-29-28(34)35-16-25-23-9-3-1-7-21(23)22-8-2-4-10-24(22)25/h1-4,7-10,12-13,17-20,25H,5-6,11,14-16H2,(H,29,34)(H,30,31)(H,32,33)/t17?,18-,19?,20-/m1/s1. The summed E-state index contributed by atoms with van der Waals surface area (Å²) >= 11 is 0. The number of nitrogens with one attached hydrogen (secondary N) is 2. The molecule has 0 saturated heterocycles. The first-order valence-electron chi connectivity index (χ1n) is 12.3. The van der Waals surface area contributed by atoms with Gasteiger partial charge in [0.15, 0.2) is 0 Å². The molecule has 2 amide bonds.